The van der Waals surface area contributed by atoms with Gasteiger partial charge in [-0.1, -0.05) is 16.9 Å². The van der Waals surface area contributed by atoms with Crippen molar-refractivity contribution in [3.05, 3.63) is 11.8 Å². The minimum Gasteiger partial charge on any atom is -0.360 e. The van der Waals surface area contributed by atoms with Crippen LogP contribution < -0.4 is 5.32 Å². The third-order valence-corrected chi connectivity index (χ3v) is 3.40. The van der Waals surface area contributed by atoms with Crippen molar-refractivity contribution in [2.75, 3.05) is 5.32 Å². The SMILES string of the molecule is CCn1nnnc1S[C@@H](C)C(=O)Nc1cc(C)on1. The second kappa shape index (κ2) is 5.83. The molecule has 1 atom stereocenters. The first-order valence-electron chi connectivity index (χ1n) is 5.77. The van der Waals surface area contributed by atoms with Crippen molar-refractivity contribution in [1.29, 1.82) is 0 Å². The van der Waals surface area contributed by atoms with Crippen molar-refractivity contribution in [1.82, 2.24) is 25.4 Å². The topological polar surface area (TPSA) is 98.7 Å². The van der Waals surface area contributed by atoms with E-state index in [-0.39, 0.29) is 11.2 Å². The van der Waals surface area contributed by atoms with E-state index in [2.05, 4.69) is 26.0 Å². The molecule has 0 spiro atoms. The number of carbonyl (C=O) groups is 1. The van der Waals surface area contributed by atoms with Gasteiger partial charge in [-0.3, -0.25) is 4.79 Å². The number of nitrogens with one attached hydrogen (secondary N) is 1. The highest BCUT2D eigenvalue weighted by atomic mass is 32.2. The van der Waals surface area contributed by atoms with Crippen molar-refractivity contribution in [2.24, 2.45) is 0 Å². The molecule has 2 rings (SSSR count). The summed E-state index contributed by atoms with van der Waals surface area (Å²) < 4.78 is 6.51. The summed E-state index contributed by atoms with van der Waals surface area (Å²) in [5.74, 6) is 0.875. The smallest absolute Gasteiger partial charge is 0.238 e. The van der Waals surface area contributed by atoms with Crippen LogP contribution in [0.1, 0.15) is 19.6 Å². The molecule has 0 fully saturated rings. The first kappa shape index (κ1) is 13.5. The molecule has 0 saturated carbocycles. The molecule has 0 unspecified atom stereocenters. The minimum absolute atomic E-state index is 0.177. The lowest BCUT2D eigenvalue weighted by Crippen LogP contribution is -2.23. The third-order valence-electron chi connectivity index (χ3n) is 2.33. The van der Waals surface area contributed by atoms with Crippen LogP contribution in [0.15, 0.2) is 15.7 Å². The summed E-state index contributed by atoms with van der Waals surface area (Å²) >= 11 is 1.29. The molecule has 2 heterocycles. The number of aromatic nitrogens is 5. The molecule has 0 radical (unpaired) electrons. The van der Waals surface area contributed by atoms with Gasteiger partial charge in [-0.2, -0.15) is 0 Å². The Kier molecular flexibility index (Phi) is 4.15. The van der Waals surface area contributed by atoms with Crippen LogP contribution in [-0.4, -0.2) is 36.5 Å². The van der Waals surface area contributed by atoms with Gasteiger partial charge in [0.1, 0.15) is 5.76 Å². The lowest BCUT2D eigenvalue weighted by atomic mass is 10.4. The minimum atomic E-state index is -0.340. The van der Waals surface area contributed by atoms with Gasteiger partial charge in [-0.15, -0.1) is 5.10 Å². The zero-order valence-corrected chi connectivity index (χ0v) is 11.6. The number of hydrogen-bond donors (Lipinski definition) is 1. The number of tetrazole rings is 1. The molecule has 0 bridgehead atoms. The van der Waals surface area contributed by atoms with E-state index in [0.717, 1.165) is 0 Å². The van der Waals surface area contributed by atoms with Crippen molar-refractivity contribution in [3.63, 3.8) is 0 Å². The van der Waals surface area contributed by atoms with E-state index in [4.69, 9.17) is 4.52 Å². The highest BCUT2D eigenvalue weighted by Gasteiger charge is 2.19. The molecular weight excluding hydrogens is 268 g/mol. The Morgan fingerprint density at radius 2 is 2.42 bits per heavy atom. The van der Waals surface area contributed by atoms with E-state index in [0.29, 0.717) is 23.3 Å². The van der Waals surface area contributed by atoms with Crippen molar-refractivity contribution >= 4 is 23.5 Å². The van der Waals surface area contributed by atoms with Crippen LogP contribution in [0.4, 0.5) is 5.82 Å². The summed E-state index contributed by atoms with van der Waals surface area (Å²) in [5.41, 5.74) is 0. The molecular formula is C10H14N6O2S. The maximum atomic E-state index is 12.0. The largest absolute Gasteiger partial charge is 0.360 e. The number of amides is 1. The van der Waals surface area contributed by atoms with Crippen LogP contribution in [-0.2, 0) is 11.3 Å². The van der Waals surface area contributed by atoms with Gasteiger partial charge >= 0.3 is 0 Å². The van der Waals surface area contributed by atoms with Gasteiger partial charge in [0, 0.05) is 12.6 Å². The van der Waals surface area contributed by atoms with E-state index in [1.54, 1.807) is 24.6 Å². The molecule has 8 nitrogen and oxygen atoms in total. The predicted octanol–water partition coefficient (Wildman–Crippen LogP) is 1.11. The van der Waals surface area contributed by atoms with Crippen LogP contribution in [0.2, 0.25) is 0 Å². The molecule has 19 heavy (non-hydrogen) atoms. The molecule has 0 aliphatic carbocycles. The molecule has 0 saturated heterocycles. The van der Waals surface area contributed by atoms with Crippen molar-refractivity contribution in [2.45, 2.75) is 37.7 Å². The van der Waals surface area contributed by atoms with Gasteiger partial charge < -0.3 is 9.84 Å². The van der Waals surface area contributed by atoms with E-state index >= 15 is 0 Å². The Morgan fingerprint density at radius 1 is 1.63 bits per heavy atom. The van der Waals surface area contributed by atoms with E-state index in [1.165, 1.54) is 11.8 Å². The lowest BCUT2D eigenvalue weighted by Gasteiger charge is -2.09. The molecule has 1 amide bonds. The Balaban J connectivity index is 1.96. The Bertz CT molecular complexity index is 566. The molecule has 0 aliphatic rings. The molecule has 2 aromatic rings. The summed E-state index contributed by atoms with van der Waals surface area (Å²) in [5, 5.41) is 17.9. The normalized spacial score (nSPS) is 12.4. The highest BCUT2D eigenvalue weighted by Crippen LogP contribution is 2.21. The monoisotopic (exact) mass is 282 g/mol. The Morgan fingerprint density at radius 3 is 3.05 bits per heavy atom. The van der Waals surface area contributed by atoms with Crippen LogP contribution in [0.25, 0.3) is 0 Å². The second-order valence-electron chi connectivity index (χ2n) is 3.85. The average molecular weight is 282 g/mol. The number of anilines is 1. The Hall–Kier alpha value is -1.90. The molecule has 0 aromatic carbocycles. The average Bonchev–Trinajstić information content (AvgIpc) is 2.98. The van der Waals surface area contributed by atoms with Crippen LogP contribution in [0.3, 0.4) is 0 Å². The van der Waals surface area contributed by atoms with Gasteiger partial charge in [0.05, 0.1) is 5.25 Å². The lowest BCUT2D eigenvalue weighted by molar-refractivity contribution is -0.115. The molecule has 2 aromatic heterocycles. The number of hydrogen-bond acceptors (Lipinski definition) is 7. The first-order chi connectivity index (χ1) is 9.10. The summed E-state index contributed by atoms with van der Waals surface area (Å²) in [6.45, 7) is 6.13. The Labute approximate surface area is 113 Å². The molecule has 1 N–H and O–H groups in total. The summed E-state index contributed by atoms with van der Waals surface area (Å²) in [6, 6.07) is 1.66. The molecule has 9 heteroatoms. The van der Waals surface area contributed by atoms with Crippen molar-refractivity contribution < 1.29 is 9.32 Å². The van der Waals surface area contributed by atoms with Gasteiger partial charge in [0.25, 0.3) is 0 Å². The summed E-state index contributed by atoms with van der Waals surface area (Å²) in [4.78, 5) is 12.0. The fourth-order valence-corrected chi connectivity index (χ4v) is 2.20. The summed E-state index contributed by atoms with van der Waals surface area (Å²) in [6.07, 6.45) is 0. The second-order valence-corrected chi connectivity index (χ2v) is 5.16. The first-order valence-corrected chi connectivity index (χ1v) is 6.65. The quantitative estimate of drug-likeness (QED) is 0.820. The van der Waals surface area contributed by atoms with Crippen LogP contribution >= 0.6 is 11.8 Å². The number of thioether (sulfide) groups is 1. The fourth-order valence-electron chi connectivity index (χ4n) is 1.34. The molecule has 102 valence electrons. The van der Waals surface area contributed by atoms with Gasteiger partial charge in [-0.25, -0.2) is 4.68 Å². The number of rotatable bonds is 5. The van der Waals surface area contributed by atoms with E-state index < -0.39 is 0 Å². The standard InChI is InChI=1S/C10H14N6O2S/c1-4-16-10(12-14-15-16)19-7(3)9(17)11-8-5-6(2)18-13-8/h5,7H,4H2,1-3H3,(H,11,13,17)/t7-/m0/s1. The summed E-state index contributed by atoms with van der Waals surface area (Å²) in [7, 11) is 0. The highest BCUT2D eigenvalue weighted by molar-refractivity contribution is 8.00. The number of aryl methyl sites for hydroxylation is 2. The van der Waals surface area contributed by atoms with Gasteiger partial charge in [-0.05, 0) is 31.2 Å². The zero-order chi connectivity index (χ0) is 13.8. The van der Waals surface area contributed by atoms with Crippen LogP contribution in [0.5, 0.6) is 0 Å². The molecule has 0 aliphatic heterocycles. The van der Waals surface area contributed by atoms with Crippen LogP contribution in [0, 0.1) is 6.92 Å². The van der Waals surface area contributed by atoms with E-state index in [1.807, 2.05) is 6.92 Å². The van der Waals surface area contributed by atoms with Gasteiger partial charge in [0.15, 0.2) is 5.82 Å². The van der Waals surface area contributed by atoms with E-state index in [9.17, 15) is 4.79 Å². The van der Waals surface area contributed by atoms with Gasteiger partial charge in [0.2, 0.25) is 11.1 Å². The maximum Gasteiger partial charge on any atom is 0.238 e. The zero-order valence-electron chi connectivity index (χ0n) is 10.8. The van der Waals surface area contributed by atoms with Crippen molar-refractivity contribution in [3.8, 4) is 0 Å². The number of nitrogens with zero attached hydrogens (tertiary/aromatic N) is 5. The number of carbonyl (C=O) groups excluding carboxylic acids is 1. The third kappa shape index (κ3) is 3.31. The maximum absolute atomic E-state index is 12.0. The fraction of sp³-hybridized carbons (Fsp3) is 0.500. The predicted molar refractivity (Wildman–Crippen MR) is 68.7 cm³/mol.